The first-order valence-corrected chi connectivity index (χ1v) is 8.00. The third kappa shape index (κ3) is 4.46. The molecule has 0 aromatic heterocycles. The van der Waals surface area contributed by atoms with Crippen LogP contribution in [0.15, 0.2) is 53.0 Å². The van der Waals surface area contributed by atoms with Crippen molar-refractivity contribution in [1.82, 2.24) is 5.32 Å². The molecule has 2 aromatic rings. The van der Waals surface area contributed by atoms with E-state index in [1.165, 1.54) is 16.7 Å². The van der Waals surface area contributed by atoms with Crippen molar-refractivity contribution in [3.05, 3.63) is 69.7 Å². The van der Waals surface area contributed by atoms with Crippen LogP contribution in [0.5, 0.6) is 0 Å². The molecule has 0 spiro atoms. The minimum absolute atomic E-state index is 0.524. The van der Waals surface area contributed by atoms with Gasteiger partial charge in [-0.25, -0.2) is 0 Å². The van der Waals surface area contributed by atoms with Crippen LogP contribution in [0.1, 0.15) is 29.5 Å². The second kappa shape index (κ2) is 7.61. The van der Waals surface area contributed by atoms with Crippen LogP contribution in [0, 0.1) is 6.92 Å². The lowest BCUT2D eigenvalue weighted by Crippen LogP contribution is -2.22. The van der Waals surface area contributed by atoms with Crippen LogP contribution >= 0.6 is 15.9 Å². The molecule has 0 amide bonds. The van der Waals surface area contributed by atoms with Crippen LogP contribution in [0.2, 0.25) is 0 Å². The summed E-state index contributed by atoms with van der Waals surface area (Å²) in [6.07, 6.45) is 1.07. The lowest BCUT2D eigenvalue weighted by atomic mass is 9.91. The van der Waals surface area contributed by atoms with Gasteiger partial charge in [0, 0.05) is 16.9 Å². The smallest absolute Gasteiger partial charge is 0.0175 e. The lowest BCUT2D eigenvalue weighted by molar-refractivity contribution is 0.594. The van der Waals surface area contributed by atoms with Gasteiger partial charge >= 0.3 is 0 Å². The molecule has 106 valence electrons. The van der Waals surface area contributed by atoms with E-state index in [4.69, 9.17) is 0 Å². The van der Waals surface area contributed by atoms with Crippen molar-refractivity contribution in [2.24, 2.45) is 0 Å². The normalized spacial score (nSPS) is 12.3. The summed E-state index contributed by atoms with van der Waals surface area (Å²) < 4.78 is 1.14. The Kier molecular flexibility index (Phi) is 5.81. The fourth-order valence-corrected chi connectivity index (χ4v) is 2.72. The highest BCUT2D eigenvalue weighted by Gasteiger charge is 2.12. The number of nitrogens with one attached hydrogen (secondary N) is 1. The van der Waals surface area contributed by atoms with E-state index in [0.717, 1.165) is 24.0 Å². The van der Waals surface area contributed by atoms with E-state index in [1.54, 1.807) is 0 Å². The number of benzene rings is 2. The largest absolute Gasteiger partial charge is 0.316 e. The van der Waals surface area contributed by atoms with E-state index < -0.39 is 0 Å². The standard InChI is InChI=1S/C18H22BrN/c1-3-20-13-17(16-6-4-5-14(2)11-16)12-15-7-9-18(19)10-8-15/h4-11,17,20H,3,12-13H2,1-2H3. The Labute approximate surface area is 130 Å². The maximum Gasteiger partial charge on any atom is 0.0175 e. The zero-order valence-corrected chi connectivity index (χ0v) is 13.8. The lowest BCUT2D eigenvalue weighted by Gasteiger charge is -2.18. The first-order chi connectivity index (χ1) is 9.69. The molecule has 0 aliphatic heterocycles. The van der Waals surface area contributed by atoms with Crippen LogP contribution < -0.4 is 5.32 Å². The summed E-state index contributed by atoms with van der Waals surface area (Å²) >= 11 is 3.50. The fraction of sp³-hybridized carbons (Fsp3) is 0.333. The minimum atomic E-state index is 0.524. The van der Waals surface area contributed by atoms with Gasteiger partial charge in [0.15, 0.2) is 0 Å². The topological polar surface area (TPSA) is 12.0 Å². The second-order valence-electron chi connectivity index (χ2n) is 5.25. The predicted molar refractivity (Wildman–Crippen MR) is 90.3 cm³/mol. The van der Waals surface area contributed by atoms with Gasteiger partial charge in [-0.2, -0.15) is 0 Å². The number of likely N-dealkylation sites (N-methyl/N-ethyl adjacent to an activating group) is 1. The van der Waals surface area contributed by atoms with E-state index in [2.05, 4.69) is 83.6 Å². The molecule has 0 heterocycles. The monoisotopic (exact) mass is 331 g/mol. The Morgan fingerprint density at radius 1 is 1.10 bits per heavy atom. The summed E-state index contributed by atoms with van der Waals surface area (Å²) in [5.74, 6) is 0.524. The van der Waals surface area contributed by atoms with E-state index in [9.17, 15) is 0 Å². The summed E-state index contributed by atoms with van der Waals surface area (Å²) in [7, 11) is 0. The minimum Gasteiger partial charge on any atom is -0.316 e. The van der Waals surface area contributed by atoms with Crippen molar-refractivity contribution in [1.29, 1.82) is 0 Å². The summed E-state index contributed by atoms with van der Waals surface area (Å²) in [5.41, 5.74) is 4.14. The number of aryl methyl sites for hydroxylation is 1. The maximum atomic E-state index is 3.50. The Bertz CT molecular complexity index is 533. The van der Waals surface area contributed by atoms with Crippen LogP contribution in [0.4, 0.5) is 0 Å². The van der Waals surface area contributed by atoms with Gasteiger partial charge in [0.05, 0.1) is 0 Å². The quantitative estimate of drug-likeness (QED) is 0.809. The molecule has 2 heteroatoms. The van der Waals surface area contributed by atoms with Crippen molar-refractivity contribution in [3.63, 3.8) is 0 Å². The highest BCUT2D eigenvalue weighted by molar-refractivity contribution is 9.10. The summed E-state index contributed by atoms with van der Waals surface area (Å²) in [6, 6.07) is 17.5. The van der Waals surface area contributed by atoms with Gasteiger partial charge in [-0.3, -0.25) is 0 Å². The predicted octanol–water partition coefficient (Wildman–Crippen LogP) is 4.69. The molecule has 0 fully saturated rings. The first-order valence-electron chi connectivity index (χ1n) is 7.20. The van der Waals surface area contributed by atoms with Crippen LogP contribution in [-0.4, -0.2) is 13.1 Å². The maximum absolute atomic E-state index is 3.50. The van der Waals surface area contributed by atoms with Crippen molar-refractivity contribution in [3.8, 4) is 0 Å². The van der Waals surface area contributed by atoms with Gasteiger partial charge in [-0.05, 0) is 43.1 Å². The third-order valence-electron chi connectivity index (χ3n) is 3.55. The number of hydrogen-bond donors (Lipinski definition) is 1. The van der Waals surface area contributed by atoms with Gasteiger partial charge in [-0.1, -0.05) is 64.8 Å². The average Bonchev–Trinajstić information content (AvgIpc) is 2.45. The second-order valence-corrected chi connectivity index (χ2v) is 6.17. The Balaban J connectivity index is 2.16. The van der Waals surface area contributed by atoms with Gasteiger partial charge < -0.3 is 5.32 Å². The van der Waals surface area contributed by atoms with Crippen LogP contribution in [-0.2, 0) is 6.42 Å². The van der Waals surface area contributed by atoms with E-state index in [1.807, 2.05) is 0 Å². The fourth-order valence-electron chi connectivity index (χ4n) is 2.46. The molecule has 1 N–H and O–H groups in total. The molecule has 0 bridgehead atoms. The number of rotatable bonds is 6. The summed E-state index contributed by atoms with van der Waals surface area (Å²) in [5, 5.41) is 3.49. The summed E-state index contributed by atoms with van der Waals surface area (Å²) in [4.78, 5) is 0. The van der Waals surface area contributed by atoms with Gasteiger partial charge in [0.1, 0.15) is 0 Å². The average molecular weight is 332 g/mol. The highest BCUT2D eigenvalue weighted by atomic mass is 79.9. The first kappa shape index (κ1) is 15.3. The summed E-state index contributed by atoms with van der Waals surface area (Å²) in [6.45, 7) is 6.36. The zero-order chi connectivity index (χ0) is 14.4. The van der Waals surface area contributed by atoms with E-state index in [-0.39, 0.29) is 0 Å². The Morgan fingerprint density at radius 2 is 1.85 bits per heavy atom. The van der Waals surface area contributed by atoms with Crippen molar-refractivity contribution >= 4 is 15.9 Å². The van der Waals surface area contributed by atoms with E-state index >= 15 is 0 Å². The van der Waals surface area contributed by atoms with Gasteiger partial charge in [0.2, 0.25) is 0 Å². The molecule has 20 heavy (non-hydrogen) atoms. The third-order valence-corrected chi connectivity index (χ3v) is 4.08. The molecule has 0 aliphatic carbocycles. The molecule has 2 rings (SSSR count). The Hall–Kier alpha value is -1.12. The van der Waals surface area contributed by atoms with Gasteiger partial charge in [0.25, 0.3) is 0 Å². The van der Waals surface area contributed by atoms with E-state index in [0.29, 0.717) is 5.92 Å². The van der Waals surface area contributed by atoms with Crippen LogP contribution in [0.25, 0.3) is 0 Å². The molecule has 0 radical (unpaired) electrons. The molecule has 2 aromatic carbocycles. The SMILES string of the molecule is CCNCC(Cc1ccc(Br)cc1)c1cccc(C)c1. The molecule has 0 aliphatic rings. The molecular formula is C18H22BrN. The number of halogens is 1. The highest BCUT2D eigenvalue weighted by Crippen LogP contribution is 2.22. The van der Waals surface area contributed by atoms with Crippen molar-refractivity contribution < 1.29 is 0 Å². The van der Waals surface area contributed by atoms with Crippen LogP contribution in [0.3, 0.4) is 0 Å². The number of hydrogen-bond acceptors (Lipinski definition) is 1. The molecule has 0 saturated heterocycles. The zero-order valence-electron chi connectivity index (χ0n) is 12.2. The Morgan fingerprint density at radius 3 is 2.50 bits per heavy atom. The molecule has 0 saturated carbocycles. The van der Waals surface area contributed by atoms with Crippen molar-refractivity contribution in [2.45, 2.75) is 26.2 Å². The molecule has 1 unspecified atom stereocenters. The van der Waals surface area contributed by atoms with Crippen molar-refractivity contribution in [2.75, 3.05) is 13.1 Å². The van der Waals surface area contributed by atoms with Gasteiger partial charge in [-0.15, -0.1) is 0 Å². The molecule has 1 nitrogen and oxygen atoms in total. The molecule has 1 atom stereocenters. The molecular weight excluding hydrogens is 310 g/mol.